The number of carbonyl (C=O) groups is 1. The van der Waals surface area contributed by atoms with Crippen molar-refractivity contribution in [3.8, 4) is 0 Å². The van der Waals surface area contributed by atoms with Gasteiger partial charge in [-0.25, -0.2) is 19.0 Å². The van der Waals surface area contributed by atoms with Gasteiger partial charge in [-0.3, -0.25) is 10.2 Å². The van der Waals surface area contributed by atoms with Crippen LogP contribution in [0.2, 0.25) is 30.8 Å². The summed E-state index contributed by atoms with van der Waals surface area (Å²) < 4.78 is 90.1. The summed E-state index contributed by atoms with van der Waals surface area (Å²) in [5, 5.41) is 9.51. The molecule has 0 saturated heterocycles. The molecule has 38 heavy (non-hydrogen) atoms. The number of halogens is 7. The monoisotopic (exact) mass is 583 g/mol. The van der Waals surface area contributed by atoms with Crippen LogP contribution in [0.3, 0.4) is 0 Å². The van der Waals surface area contributed by atoms with E-state index in [0.29, 0.717) is 6.07 Å². The minimum atomic E-state index is -4.83. The fourth-order valence-electron chi connectivity index (χ4n) is 3.95. The molecule has 17 heteroatoms. The van der Waals surface area contributed by atoms with Gasteiger partial charge in [0.15, 0.2) is 16.5 Å². The quantitative estimate of drug-likeness (QED) is 0.226. The highest BCUT2D eigenvalue weighted by Gasteiger charge is 2.60. The Labute approximate surface area is 218 Å². The average Bonchev–Trinajstić information content (AvgIpc) is 3.43. The number of carbonyl (C=O) groups excluding carboxylic acids is 1. The summed E-state index contributed by atoms with van der Waals surface area (Å²) in [7, 11) is -1.48. The Hall–Kier alpha value is -2.85. The van der Waals surface area contributed by atoms with E-state index in [2.05, 4.69) is 40.1 Å². The first-order valence-electron chi connectivity index (χ1n) is 11.3. The molecule has 1 aliphatic heterocycles. The minimum Gasteiger partial charge on any atom is -0.359 e. The fraction of sp³-hybridized carbons (Fsp3) is 0.524. The Morgan fingerprint density at radius 3 is 2.47 bits per heavy atom. The largest absolute Gasteiger partial charge is 0.435 e. The van der Waals surface area contributed by atoms with E-state index >= 15 is 0 Å². The van der Waals surface area contributed by atoms with E-state index in [-0.39, 0.29) is 28.8 Å². The number of hydrogen-bond donors (Lipinski definition) is 1. The number of nitrogens with zero attached hydrogens (tertiary/aromatic N) is 6. The zero-order valence-corrected chi connectivity index (χ0v) is 22.5. The van der Waals surface area contributed by atoms with Gasteiger partial charge in [-0.15, -0.1) is 0 Å². The lowest BCUT2D eigenvalue weighted by atomic mass is 9.88. The van der Waals surface area contributed by atoms with Crippen molar-refractivity contribution in [1.29, 1.82) is 0 Å². The van der Waals surface area contributed by atoms with E-state index in [0.717, 1.165) is 33.3 Å². The SMILES string of the molecule is C[C@@]1(C(F)(F)F)CN(C(=O)Nc2cc(C(F)(F)F)nn2COCC[Si](C)(C)C)c2cnc3cc(Cl)nn3c21. The van der Waals surface area contributed by atoms with Gasteiger partial charge in [0.25, 0.3) is 0 Å². The number of fused-ring (bicyclic) bond motifs is 3. The normalized spacial score (nSPS) is 18.3. The maximum absolute atomic E-state index is 14.3. The molecule has 1 aliphatic rings. The third kappa shape index (κ3) is 5.33. The smallest absolute Gasteiger partial charge is 0.359 e. The van der Waals surface area contributed by atoms with Crippen LogP contribution in [0.5, 0.6) is 0 Å². The number of ether oxygens (including phenoxy) is 1. The predicted molar refractivity (Wildman–Crippen MR) is 129 cm³/mol. The van der Waals surface area contributed by atoms with Crippen LogP contribution in [0.4, 0.5) is 42.6 Å². The Balaban J connectivity index is 1.66. The zero-order chi connectivity index (χ0) is 28.3. The molecule has 0 radical (unpaired) electrons. The topological polar surface area (TPSA) is 89.6 Å². The molecule has 0 bridgehead atoms. The third-order valence-corrected chi connectivity index (χ3v) is 8.00. The Morgan fingerprint density at radius 2 is 1.87 bits per heavy atom. The van der Waals surface area contributed by atoms with Gasteiger partial charge in [-0.1, -0.05) is 31.2 Å². The van der Waals surface area contributed by atoms with Crippen molar-refractivity contribution in [2.75, 3.05) is 23.4 Å². The number of rotatable bonds is 6. The third-order valence-electron chi connectivity index (χ3n) is 6.11. The number of urea groups is 1. The standard InChI is InChI=1S/C21H24ClF6N7O2Si/c1-19(21(26,27)28)10-33(12-9-29-15-8-14(22)32-35(15)17(12)19)18(36)30-16-7-13(20(23,24)25)31-34(16)11-37-5-6-38(2,3)4/h7-9H,5-6,10-11H2,1-4H3,(H,30,36)/t19-/m1/s1. The van der Waals surface area contributed by atoms with Crippen LogP contribution in [0.1, 0.15) is 18.3 Å². The van der Waals surface area contributed by atoms with Crippen LogP contribution in [0.25, 0.3) is 5.65 Å². The number of alkyl halides is 6. The fourth-order valence-corrected chi connectivity index (χ4v) is 4.88. The van der Waals surface area contributed by atoms with Gasteiger partial charge >= 0.3 is 18.4 Å². The van der Waals surface area contributed by atoms with Crippen LogP contribution in [0.15, 0.2) is 18.3 Å². The predicted octanol–water partition coefficient (Wildman–Crippen LogP) is 5.78. The Kier molecular flexibility index (Phi) is 6.97. The lowest BCUT2D eigenvalue weighted by Crippen LogP contribution is -2.46. The molecule has 2 amide bonds. The average molecular weight is 584 g/mol. The van der Waals surface area contributed by atoms with Gasteiger partial charge in [0.2, 0.25) is 0 Å². The highest BCUT2D eigenvalue weighted by atomic mass is 35.5. The molecule has 1 N–H and O–H groups in total. The van der Waals surface area contributed by atoms with Crippen molar-refractivity contribution in [3.05, 3.63) is 34.9 Å². The van der Waals surface area contributed by atoms with Gasteiger partial charge in [-0.2, -0.15) is 36.5 Å². The molecule has 0 unspecified atom stereocenters. The second-order valence-electron chi connectivity index (χ2n) is 10.3. The second kappa shape index (κ2) is 9.41. The molecule has 0 aliphatic carbocycles. The summed E-state index contributed by atoms with van der Waals surface area (Å²) in [5.74, 6) is -0.395. The highest BCUT2D eigenvalue weighted by molar-refractivity contribution is 6.76. The van der Waals surface area contributed by atoms with Crippen molar-refractivity contribution < 1.29 is 35.9 Å². The molecule has 0 aromatic carbocycles. The van der Waals surface area contributed by atoms with Crippen LogP contribution in [0, 0.1) is 0 Å². The molecule has 0 spiro atoms. The Morgan fingerprint density at radius 1 is 1.18 bits per heavy atom. The number of anilines is 2. The maximum atomic E-state index is 14.3. The lowest BCUT2D eigenvalue weighted by Gasteiger charge is -2.28. The van der Waals surface area contributed by atoms with Crippen molar-refractivity contribution in [2.24, 2.45) is 0 Å². The summed E-state index contributed by atoms with van der Waals surface area (Å²) in [5.41, 5.74) is -4.43. The molecule has 4 heterocycles. The Bertz CT molecular complexity index is 1370. The molecule has 9 nitrogen and oxygen atoms in total. The van der Waals surface area contributed by atoms with Gasteiger partial charge < -0.3 is 4.74 Å². The summed E-state index contributed by atoms with van der Waals surface area (Å²) in [6, 6.07) is 1.48. The van der Waals surface area contributed by atoms with Gasteiger partial charge in [0.05, 0.1) is 17.6 Å². The van der Waals surface area contributed by atoms with Gasteiger partial charge in [-0.05, 0) is 13.0 Å². The first-order chi connectivity index (χ1) is 17.4. The van der Waals surface area contributed by atoms with E-state index in [1.807, 2.05) is 0 Å². The summed E-state index contributed by atoms with van der Waals surface area (Å²) >= 11 is 5.87. The van der Waals surface area contributed by atoms with Crippen molar-refractivity contribution in [2.45, 2.75) is 57.1 Å². The molecular formula is C21H24ClF6N7O2Si. The first kappa shape index (κ1) is 28.2. The van der Waals surface area contributed by atoms with Crippen LogP contribution in [-0.2, 0) is 23.1 Å². The van der Waals surface area contributed by atoms with Crippen LogP contribution >= 0.6 is 11.6 Å². The molecule has 208 valence electrons. The van der Waals surface area contributed by atoms with Crippen LogP contribution in [-0.4, -0.2) is 57.8 Å². The van der Waals surface area contributed by atoms with Crippen molar-refractivity contribution in [3.63, 3.8) is 0 Å². The summed E-state index contributed by atoms with van der Waals surface area (Å²) in [4.78, 5) is 18.0. The molecule has 3 aromatic rings. The molecule has 1 atom stereocenters. The number of nitrogens with one attached hydrogen (secondary N) is 1. The lowest BCUT2D eigenvalue weighted by molar-refractivity contribution is -0.181. The van der Waals surface area contributed by atoms with Gasteiger partial charge in [0.1, 0.15) is 18.0 Å². The number of aromatic nitrogens is 5. The minimum absolute atomic E-state index is 0.0369. The number of amides is 2. The summed E-state index contributed by atoms with van der Waals surface area (Å²) in [6.45, 7) is 6.18. The molecule has 0 saturated carbocycles. The van der Waals surface area contributed by atoms with E-state index in [1.165, 1.54) is 6.07 Å². The highest BCUT2D eigenvalue weighted by Crippen LogP contribution is 2.50. The van der Waals surface area contributed by atoms with E-state index in [4.69, 9.17) is 16.3 Å². The van der Waals surface area contributed by atoms with E-state index in [9.17, 15) is 31.1 Å². The molecule has 4 rings (SSSR count). The van der Waals surface area contributed by atoms with E-state index < -0.39 is 56.7 Å². The van der Waals surface area contributed by atoms with Gasteiger partial charge in [0, 0.05) is 33.4 Å². The molecule has 0 fully saturated rings. The first-order valence-corrected chi connectivity index (χ1v) is 15.4. The van der Waals surface area contributed by atoms with Crippen LogP contribution < -0.4 is 10.2 Å². The number of hydrogen-bond acceptors (Lipinski definition) is 5. The van der Waals surface area contributed by atoms with Crippen molar-refractivity contribution >= 4 is 42.9 Å². The summed E-state index contributed by atoms with van der Waals surface area (Å²) in [6.07, 6.45) is -8.58. The maximum Gasteiger partial charge on any atom is 0.435 e. The second-order valence-corrected chi connectivity index (χ2v) is 16.3. The van der Waals surface area contributed by atoms with E-state index in [1.54, 1.807) is 0 Å². The molecular weight excluding hydrogens is 560 g/mol. The zero-order valence-electron chi connectivity index (χ0n) is 20.7. The van der Waals surface area contributed by atoms with Crippen molar-refractivity contribution in [1.82, 2.24) is 24.4 Å². The molecule has 3 aromatic heterocycles.